The van der Waals surface area contributed by atoms with Gasteiger partial charge < -0.3 is 9.47 Å². The van der Waals surface area contributed by atoms with Gasteiger partial charge in [-0.3, -0.25) is 4.79 Å². The lowest BCUT2D eigenvalue weighted by atomic mass is 10.0. The summed E-state index contributed by atoms with van der Waals surface area (Å²) in [5.74, 6) is 0.475. The van der Waals surface area contributed by atoms with Crippen LogP contribution in [0.25, 0.3) is 0 Å². The second-order valence-corrected chi connectivity index (χ2v) is 8.37. The molecule has 0 saturated carbocycles. The van der Waals surface area contributed by atoms with Crippen LogP contribution in [0.3, 0.4) is 0 Å². The molecule has 0 aliphatic heterocycles. The van der Waals surface area contributed by atoms with E-state index in [1.165, 1.54) is 39.5 Å². The van der Waals surface area contributed by atoms with Gasteiger partial charge in [0, 0.05) is 18.7 Å². The molecule has 0 fully saturated rings. The average Bonchev–Trinajstić information content (AvgIpc) is 2.67. The summed E-state index contributed by atoms with van der Waals surface area (Å²) < 4.78 is 37.3. The van der Waals surface area contributed by atoms with Gasteiger partial charge in [-0.25, -0.2) is 8.42 Å². The molecule has 0 aromatic heterocycles. The standard InChI is InChI=1S/C20H25NO5S/c1-13-7-8-16(11-14(13)2)20(22)15(3)21(4)27(23,24)17-9-10-18(25-5)19(12-17)26-6/h7-12,15H,1-6H3. The number of ether oxygens (including phenoxy) is 2. The summed E-state index contributed by atoms with van der Waals surface area (Å²) in [6.07, 6.45) is 0. The lowest BCUT2D eigenvalue weighted by Gasteiger charge is -2.24. The number of sulfonamides is 1. The topological polar surface area (TPSA) is 72.9 Å². The maximum atomic E-state index is 13.0. The van der Waals surface area contributed by atoms with Crippen LogP contribution < -0.4 is 9.47 Å². The Hall–Kier alpha value is -2.38. The molecule has 2 aromatic carbocycles. The molecule has 0 aliphatic rings. The first-order valence-electron chi connectivity index (χ1n) is 8.45. The lowest BCUT2D eigenvalue weighted by Crippen LogP contribution is -2.40. The number of Topliss-reactive ketones (excluding diaryl/α,β-unsaturated/α-hetero) is 1. The number of rotatable bonds is 7. The van der Waals surface area contributed by atoms with Gasteiger partial charge in [-0.1, -0.05) is 12.1 Å². The smallest absolute Gasteiger partial charge is 0.243 e. The molecule has 0 heterocycles. The van der Waals surface area contributed by atoms with E-state index in [0.717, 1.165) is 15.4 Å². The predicted molar refractivity (Wildman–Crippen MR) is 104 cm³/mol. The summed E-state index contributed by atoms with van der Waals surface area (Å²) >= 11 is 0. The maximum absolute atomic E-state index is 13.0. The summed E-state index contributed by atoms with van der Waals surface area (Å²) in [4.78, 5) is 12.8. The number of carbonyl (C=O) groups is 1. The van der Waals surface area contributed by atoms with E-state index in [4.69, 9.17) is 9.47 Å². The van der Waals surface area contributed by atoms with Crippen molar-refractivity contribution in [2.24, 2.45) is 0 Å². The number of hydrogen-bond donors (Lipinski definition) is 0. The largest absolute Gasteiger partial charge is 0.493 e. The van der Waals surface area contributed by atoms with Crippen LogP contribution in [0.2, 0.25) is 0 Å². The molecule has 0 N–H and O–H groups in total. The molecule has 27 heavy (non-hydrogen) atoms. The fraction of sp³-hybridized carbons (Fsp3) is 0.350. The Bertz CT molecular complexity index is 953. The second-order valence-electron chi connectivity index (χ2n) is 6.38. The Morgan fingerprint density at radius 1 is 0.963 bits per heavy atom. The maximum Gasteiger partial charge on any atom is 0.243 e. The van der Waals surface area contributed by atoms with E-state index >= 15 is 0 Å². The van der Waals surface area contributed by atoms with Crippen LogP contribution >= 0.6 is 0 Å². The molecular formula is C20H25NO5S. The Morgan fingerprint density at radius 2 is 1.59 bits per heavy atom. The number of nitrogens with zero attached hydrogens (tertiary/aromatic N) is 1. The summed E-state index contributed by atoms with van der Waals surface area (Å²) in [6.45, 7) is 5.46. The molecule has 7 heteroatoms. The van der Waals surface area contributed by atoms with E-state index in [0.29, 0.717) is 17.1 Å². The molecule has 0 bridgehead atoms. The van der Waals surface area contributed by atoms with Crippen LogP contribution in [0, 0.1) is 13.8 Å². The molecule has 2 rings (SSSR count). The molecule has 6 nitrogen and oxygen atoms in total. The van der Waals surface area contributed by atoms with Gasteiger partial charge in [-0.05, 0) is 50.1 Å². The third-order valence-electron chi connectivity index (χ3n) is 4.75. The first kappa shape index (κ1) is 20.9. The second kappa shape index (κ2) is 8.10. The summed E-state index contributed by atoms with van der Waals surface area (Å²) in [5.41, 5.74) is 2.55. The van der Waals surface area contributed by atoms with Gasteiger partial charge in [0.25, 0.3) is 0 Å². The van der Waals surface area contributed by atoms with Crippen molar-refractivity contribution in [2.75, 3.05) is 21.3 Å². The Labute approximate surface area is 160 Å². The van der Waals surface area contributed by atoms with Gasteiger partial charge in [0.15, 0.2) is 17.3 Å². The van der Waals surface area contributed by atoms with E-state index in [9.17, 15) is 13.2 Å². The predicted octanol–water partition coefficient (Wildman–Crippen LogP) is 3.21. The van der Waals surface area contributed by atoms with Gasteiger partial charge in [-0.15, -0.1) is 0 Å². The van der Waals surface area contributed by atoms with Crippen molar-refractivity contribution in [2.45, 2.75) is 31.7 Å². The first-order chi connectivity index (χ1) is 12.6. The average molecular weight is 391 g/mol. The number of methoxy groups -OCH3 is 2. The minimum atomic E-state index is -3.89. The van der Waals surface area contributed by atoms with Crippen molar-refractivity contribution in [1.29, 1.82) is 0 Å². The highest BCUT2D eigenvalue weighted by Crippen LogP contribution is 2.31. The van der Waals surface area contributed by atoms with Crippen molar-refractivity contribution in [1.82, 2.24) is 4.31 Å². The van der Waals surface area contributed by atoms with E-state index in [2.05, 4.69) is 0 Å². The van der Waals surface area contributed by atoms with Crippen LogP contribution in [-0.2, 0) is 10.0 Å². The summed E-state index contributed by atoms with van der Waals surface area (Å²) in [7, 11) is 0.417. The monoisotopic (exact) mass is 391 g/mol. The fourth-order valence-electron chi connectivity index (χ4n) is 2.65. The third kappa shape index (κ3) is 4.14. The molecule has 0 spiro atoms. The van der Waals surface area contributed by atoms with Crippen LogP contribution in [0.5, 0.6) is 11.5 Å². The van der Waals surface area contributed by atoms with Crippen LogP contribution in [0.4, 0.5) is 0 Å². The van der Waals surface area contributed by atoms with Gasteiger partial charge in [-0.2, -0.15) is 4.31 Å². The lowest BCUT2D eigenvalue weighted by molar-refractivity contribution is 0.0919. The van der Waals surface area contributed by atoms with E-state index in [1.54, 1.807) is 19.1 Å². The Balaban J connectivity index is 2.35. The molecule has 0 radical (unpaired) electrons. The van der Waals surface area contributed by atoms with Crippen molar-refractivity contribution in [3.8, 4) is 11.5 Å². The highest BCUT2D eigenvalue weighted by atomic mass is 32.2. The number of ketones is 1. The first-order valence-corrected chi connectivity index (χ1v) is 9.89. The number of aryl methyl sites for hydroxylation is 2. The van der Waals surface area contributed by atoms with E-state index < -0.39 is 16.1 Å². The summed E-state index contributed by atoms with van der Waals surface area (Å²) in [5, 5.41) is 0. The van der Waals surface area contributed by atoms with Crippen LogP contribution in [-0.4, -0.2) is 45.8 Å². The van der Waals surface area contributed by atoms with Crippen molar-refractivity contribution in [3.63, 3.8) is 0 Å². The Morgan fingerprint density at radius 3 is 2.15 bits per heavy atom. The normalized spacial score (nSPS) is 12.7. The van der Waals surface area contributed by atoms with E-state index in [-0.39, 0.29) is 10.7 Å². The number of hydrogen-bond acceptors (Lipinski definition) is 5. The van der Waals surface area contributed by atoms with Crippen molar-refractivity contribution < 1.29 is 22.7 Å². The molecule has 1 atom stereocenters. The molecular weight excluding hydrogens is 366 g/mol. The van der Waals surface area contributed by atoms with Crippen molar-refractivity contribution >= 4 is 15.8 Å². The number of likely N-dealkylation sites (N-methyl/N-ethyl adjacent to an activating group) is 1. The zero-order valence-electron chi connectivity index (χ0n) is 16.4. The van der Waals surface area contributed by atoms with Gasteiger partial charge in [0.2, 0.25) is 10.0 Å². The van der Waals surface area contributed by atoms with Crippen LogP contribution in [0.15, 0.2) is 41.3 Å². The highest BCUT2D eigenvalue weighted by molar-refractivity contribution is 7.89. The molecule has 146 valence electrons. The molecule has 2 aromatic rings. The van der Waals surface area contributed by atoms with E-state index in [1.807, 2.05) is 19.9 Å². The molecule has 0 amide bonds. The minimum Gasteiger partial charge on any atom is -0.493 e. The highest BCUT2D eigenvalue weighted by Gasteiger charge is 2.31. The zero-order chi connectivity index (χ0) is 20.4. The van der Waals surface area contributed by atoms with Crippen LogP contribution in [0.1, 0.15) is 28.4 Å². The quantitative estimate of drug-likeness (QED) is 0.678. The molecule has 0 saturated heterocycles. The van der Waals surface area contributed by atoms with Gasteiger partial charge >= 0.3 is 0 Å². The summed E-state index contributed by atoms with van der Waals surface area (Å²) in [6, 6.07) is 8.85. The number of carbonyl (C=O) groups excluding carboxylic acids is 1. The Kier molecular flexibility index (Phi) is 6.28. The molecule has 0 aliphatic carbocycles. The van der Waals surface area contributed by atoms with Gasteiger partial charge in [0.1, 0.15) is 0 Å². The molecule has 1 unspecified atom stereocenters. The third-order valence-corrected chi connectivity index (χ3v) is 6.67. The number of benzene rings is 2. The zero-order valence-corrected chi connectivity index (χ0v) is 17.3. The fourth-order valence-corrected chi connectivity index (χ4v) is 3.99. The SMILES string of the molecule is COc1ccc(S(=O)(=O)N(C)C(C)C(=O)c2ccc(C)c(C)c2)cc1OC. The minimum absolute atomic E-state index is 0.0300. The van der Waals surface area contributed by atoms with Crippen molar-refractivity contribution in [3.05, 3.63) is 53.1 Å². The van der Waals surface area contributed by atoms with Gasteiger partial charge in [0.05, 0.1) is 25.2 Å².